The molecule has 0 bridgehead atoms. The van der Waals surface area contributed by atoms with Gasteiger partial charge in [-0.3, -0.25) is 14.4 Å². The van der Waals surface area contributed by atoms with Crippen molar-refractivity contribution in [2.75, 3.05) is 7.11 Å². The van der Waals surface area contributed by atoms with Crippen LogP contribution in [0.5, 0.6) is 0 Å². The number of ether oxygens (including phenoxy) is 1. The lowest BCUT2D eigenvalue weighted by Gasteiger charge is -2.24. The Hall–Kier alpha value is -2.17. The summed E-state index contributed by atoms with van der Waals surface area (Å²) in [4.78, 5) is 37.8. The van der Waals surface area contributed by atoms with E-state index in [1.807, 2.05) is 0 Å². The highest BCUT2D eigenvalue weighted by Crippen LogP contribution is 2.31. The molecule has 1 unspecified atom stereocenters. The van der Waals surface area contributed by atoms with Crippen LogP contribution in [0.3, 0.4) is 0 Å². The van der Waals surface area contributed by atoms with Gasteiger partial charge in [-0.1, -0.05) is 47.5 Å². The third-order valence-electron chi connectivity index (χ3n) is 3.88. The van der Waals surface area contributed by atoms with Gasteiger partial charge in [0.15, 0.2) is 11.6 Å². The molecule has 2 aromatic carbocycles. The maximum Gasteiger partial charge on any atom is 0.319 e. The van der Waals surface area contributed by atoms with E-state index in [0.29, 0.717) is 15.6 Å². The smallest absolute Gasteiger partial charge is 0.319 e. The Kier molecular flexibility index (Phi) is 5.98. The van der Waals surface area contributed by atoms with Gasteiger partial charge in [-0.15, -0.1) is 0 Å². The van der Waals surface area contributed by atoms with Gasteiger partial charge in [-0.2, -0.15) is 0 Å². The zero-order valence-corrected chi connectivity index (χ0v) is 15.2. The van der Waals surface area contributed by atoms with Crippen LogP contribution < -0.4 is 0 Å². The Bertz CT molecular complexity index is 832. The fourth-order valence-electron chi connectivity index (χ4n) is 2.50. The zero-order chi connectivity index (χ0) is 18.6. The molecule has 2 aromatic rings. The molecule has 2 rings (SSSR count). The molecule has 0 aliphatic heterocycles. The number of carbonyl (C=O) groups excluding carboxylic acids is 3. The number of carbonyl (C=O) groups is 3. The quantitative estimate of drug-likeness (QED) is 0.417. The number of benzene rings is 2. The molecular weight excluding hydrogens is 363 g/mol. The summed E-state index contributed by atoms with van der Waals surface area (Å²) in [5.74, 6) is -1.70. The third kappa shape index (κ3) is 4.27. The Morgan fingerprint density at radius 3 is 2.00 bits per heavy atom. The van der Waals surface area contributed by atoms with Crippen LogP contribution in [0.15, 0.2) is 48.5 Å². The van der Waals surface area contributed by atoms with E-state index in [0.717, 1.165) is 0 Å². The molecule has 0 spiro atoms. The average Bonchev–Trinajstić information content (AvgIpc) is 2.60. The molecular formula is C19H16Cl2O4. The Labute approximate surface area is 155 Å². The Morgan fingerprint density at radius 2 is 1.48 bits per heavy atom. The second kappa shape index (κ2) is 7.81. The van der Waals surface area contributed by atoms with E-state index in [1.54, 1.807) is 36.4 Å². The van der Waals surface area contributed by atoms with Crippen molar-refractivity contribution in [2.24, 2.45) is 5.41 Å². The minimum atomic E-state index is -1.67. The Balaban J connectivity index is 2.39. The fourth-order valence-corrected chi connectivity index (χ4v) is 2.88. The lowest BCUT2D eigenvalue weighted by atomic mass is 9.77. The minimum Gasteiger partial charge on any atom is -0.468 e. The van der Waals surface area contributed by atoms with Crippen LogP contribution in [0.2, 0.25) is 10.0 Å². The van der Waals surface area contributed by atoms with Gasteiger partial charge in [0, 0.05) is 27.6 Å². The predicted octanol–water partition coefficient (Wildman–Crippen LogP) is 4.63. The number of halogens is 2. The molecule has 0 saturated carbocycles. The van der Waals surface area contributed by atoms with Crippen LogP contribution >= 0.6 is 23.2 Å². The summed E-state index contributed by atoms with van der Waals surface area (Å²) in [5.41, 5.74) is -1.11. The highest BCUT2D eigenvalue weighted by atomic mass is 35.5. The number of esters is 1. The predicted molar refractivity (Wildman–Crippen MR) is 96.3 cm³/mol. The van der Waals surface area contributed by atoms with Crippen LogP contribution in [0.4, 0.5) is 0 Å². The van der Waals surface area contributed by atoms with E-state index in [9.17, 15) is 14.4 Å². The normalized spacial score (nSPS) is 13.0. The molecule has 0 amide bonds. The zero-order valence-electron chi connectivity index (χ0n) is 13.7. The molecule has 6 heteroatoms. The van der Waals surface area contributed by atoms with E-state index in [2.05, 4.69) is 0 Å². The van der Waals surface area contributed by atoms with Crippen molar-refractivity contribution in [2.45, 2.75) is 13.3 Å². The van der Waals surface area contributed by atoms with Crippen LogP contribution in [0.1, 0.15) is 34.1 Å². The summed E-state index contributed by atoms with van der Waals surface area (Å²) in [7, 11) is 1.18. The van der Waals surface area contributed by atoms with Gasteiger partial charge in [0.25, 0.3) is 0 Å². The largest absolute Gasteiger partial charge is 0.468 e. The van der Waals surface area contributed by atoms with E-state index < -0.39 is 17.2 Å². The van der Waals surface area contributed by atoms with Gasteiger partial charge in [0.05, 0.1) is 7.11 Å². The number of hydrogen-bond acceptors (Lipinski definition) is 4. The number of hydrogen-bond donors (Lipinski definition) is 0. The maximum atomic E-state index is 12.9. The molecule has 0 radical (unpaired) electrons. The van der Waals surface area contributed by atoms with Crippen molar-refractivity contribution in [3.05, 3.63) is 69.7 Å². The molecule has 0 heterocycles. The van der Waals surface area contributed by atoms with Crippen molar-refractivity contribution < 1.29 is 19.1 Å². The monoisotopic (exact) mass is 378 g/mol. The summed E-state index contributed by atoms with van der Waals surface area (Å²) in [5, 5.41) is 0.756. The summed E-state index contributed by atoms with van der Waals surface area (Å²) in [6.07, 6.45) is -0.342. The van der Waals surface area contributed by atoms with Crippen LogP contribution in [0.25, 0.3) is 0 Å². The van der Waals surface area contributed by atoms with Gasteiger partial charge in [-0.05, 0) is 31.2 Å². The van der Waals surface area contributed by atoms with Crippen LogP contribution in [-0.4, -0.2) is 24.6 Å². The molecule has 0 saturated heterocycles. The molecule has 0 N–H and O–H groups in total. The highest BCUT2D eigenvalue weighted by molar-refractivity contribution is 6.31. The first-order chi connectivity index (χ1) is 11.8. The van der Waals surface area contributed by atoms with Crippen molar-refractivity contribution in [3.8, 4) is 0 Å². The first kappa shape index (κ1) is 19.2. The molecule has 130 valence electrons. The highest BCUT2D eigenvalue weighted by Gasteiger charge is 2.44. The fraction of sp³-hybridized carbons (Fsp3) is 0.211. The lowest BCUT2D eigenvalue weighted by Crippen LogP contribution is -2.39. The number of Topliss-reactive ketones (excluding diaryl/α,β-unsaturated/α-hetero) is 2. The lowest BCUT2D eigenvalue weighted by molar-refractivity contribution is -0.148. The second-order valence-electron chi connectivity index (χ2n) is 5.77. The molecule has 0 fully saturated rings. The van der Waals surface area contributed by atoms with Crippen molar-refractivity contribution in [3.63, 3.8) is 0 Å². The summed E-state index contributed by atoms with van der Waals surface area (Å²) in [6.45, 7) is 1.39. The van der Waals surface area contributed by atoms with E-state index >= 15 is 0 Å². The van der Waals surface area contributed by atoms with Crippen molar-refractivity contribution in [1.29, 1.82) is 0 Å². The SMILES string of the molecule is COC(=O)C(C)(CC(=O)c1cccc(Cl)c1)C(=O)c1cccc(Cl)c1. The first-order valence-electron chi connectivity index (χ1n) is 7.45. The minimum absolute atomic E-state index is 0.235. The first-order valence-corrected chi connectivity index (χ1v) is 8.21. The topological polar surface area (TPSA) is 60.4 Å². The van der Waals surface area contributed by atoms with E-state index in [4.69, 9.17) is 27.9 Å². The molecule has 0 aliphatic carbocycles. The summed E-state index contributed by atoms with van der Waals surface area (Å²) >= 11 is 11.8. The van der Waals surface area contributed by atoms with E-state index in [-0.39, 0.29) is 17.8 Å². The van der Waals surface area contributed by atoms with Gasteiger partial charge in [0.2, 0.25) is 0 Å². The number of ketones is 2. The van der Waals surface area contributed by atoms with Crippen molar-refractivity contribution in [1.82, 2.24) is 0 Å². The van der Waals surface area contributed by atoms with Crippen LogP contribution in [0, 0.1) is 5.41 Å². The maximum absolute atomic E-state index is 12.9. The molecule has 4 nitrogen and oxygen atoms in total. The summed E-state index contributed by atoms with van der Waals surface area (Å²) in [6, 6.07) is 12.5. The third-order valence-corrected chi connectivity index (χ3v) is 4.35. The molecule has 25 heavy (non-hydrogen) atoms. The molecule has 1 atom stereocenters. The Morgan fingerprint density at radius 1 is 0.960 bits per heavy atom. The second-order valence-corrected chi connectivity index (χ2v) is 6.65. The van der Waals surface area contributed by atoms with Gasteiger partial charge in [-0.25, -0.2) is 0 Å². The van der Waals surface area contributed by atoms with Crippen molar-refractivity contribution >= 4 is 40.7 Å². The van der Waals surface area contributed by atoms with Crippen LogP contribution in [-0.2, 0) is 9.53 Å². The number of methoxy groups -OCH3 is 1. The summed E-state index contributed by atoms with van der Waals surface area (Å²) < 4.78 is 4.78. The van der Waals surface area contributed by atoms with E-state index in [1.165, 1.54) is 26.2 Å². The average molecular weight is 379 g/mol. The molecule has 0 aromatic heterocycles. The van der Waals surface area contributed by atoms with Gasteiger partial charge < -0.3 is 4.74 Å². The van der Waals surface area contributed by atoms with Gasteiger partial charge >= 0.3 is 5.97 Å². The van der Waals surface area contributed by atoms with Gasteiger partial charge in [0.1, 0.15) is 5.41 Å². The molecule has 0 aliphatic rings. The standard InChI is InChI=1S/C19H16Cl2O4/c1-19(18(24)25-2,17(23)13-6-4-8-15(21)10-13)11-16(22)12-5-3-7-14(20)9-12/h3-10H,11H2,1-2H3. The number of rotatable bonds is 6.